The molecule has 0 unspecified atom stereocenters. The first-order valence-corrected chi connectivity index (χ1v) is 3.89. The van der Waals surface area contributed by atoms with Crippen LogP contribution in [0.1, 0.15) is 27.7 Å². The van der Waals surface area contributed by atoms with Crippen LogP contribution in [0.4, 0.5) is 0 Å². The summed E-state index contributed by atoms with van der Waals surface area (Å²) in [6.07, 6.45) is 0. The van der Waals surface area contributed by atoms with Gasteiger partial charge >= 0.3 is 11.7 Å². The molecule has 0 aliphatic rings. The fourth-order valence-electron chi connectivity index (χ4n) is 0.627. The van der Waals surface area contributed by atoms with Crippen molar-refractivity contribution in [2.75, 3.05) is 0 Å². The molecule has 0 rings (SSSR count). The van der Waals surface area contributed by atoms with Gasteiger partial charge in [-0.25, -0.2) is 4.79 Å². The smallest absolute Gasteiger partial charge is 0.422 e. The van der Waals surface area contributed by atoms with Crippen molar-refractivity contribution >= 4 is 11.7 Å². The van der Waals surface area contributed by atoms with Crippen LogP contribution >= 0.6 is 0 Å². The molecule has 0 spiro atoms. The number of hydrogen-bond acceptors (Lipinski definition) is 2. The Labute approximate surface area is 77.8 Å². The van der Waals surface area contributed by atoms with E-state index in [0.717, 1.165) is 0 Å². The van der Waals surface area contributed by atoms with Gasteiger partial charge in [0.25, 0.3) is 0 Å². The largest absolute Gasteiger partial charge is 0.451 e. The molecule has 0 atom stereocenters. The van der Waals surface area contributed by atoms with E-state index >= 15 is 0 Å². The van der Waals surface area contributed by atoms with Crippen LogP contribution in [-0.4, -0.2) is 22.1 Å². The SMILES string of the molecule is C=C(C)C(=[N+]=[N-])C(=O)OC(C)(C)C. The quantitative estimate of drug-likeness (QED) is 0.281. The number of carbonyl (C=O) groups excluding carboxylic acids is 1. The van der Waals surface area contributed by atoms with E-state index in [1.807, 2.05) is 0 Å². The van der Waals surface area contributed by atoms with Crippen molar-refractivity contribution in [2.45, 2.75) is 33.3 Å². The van der Waals surface area contributed by atoms with Crippen LogP contribution in [-0.2, 0) is 9.53 Å². The summed E-state index contributed by atoms with van der Waals surface area (Å²) in [7, 11) is 0. The second kappa shape index (κ2) is 4.01. The van der Waals surface area contributed by atoms with Gasteiger partial charge in [0.2, 0.25) is 0 Å². The highest BCUT2D eigenvalue weighted by Gasteiger charge is 2.27. The van der Waals surface area contributed by atoms with Crippen molar-refractivity contribution < 1.29 is 14.3 Å². The number of rotatable bonds is 2. The van der Waals surface area contributed by atoms with Gasteiger partial charge in [-0.2, -0.15) is 4.79 Å². The molecule has 0 aromatic heterocycles. The van der Waals surface area contributed by atoms with Crippen LogP contribution in [0.5, 0.6) is 0 Å². The molecule has 0 N–H and O–H groups in total. The first kappa shape index (κ1) is 11.6. The molecule has 4 heteroatoms. The Morgan fingerprint density at radius 2 is 1.92 bits per heavy atom. The molecule has 0 saturated carbocycles. The van der Waals surface area contributed by atoms with Crippen molar-refractivity contribution in [1.29, 1.82) is 0 Å². The van der Waals surface area contributed by atoms with Crippen LogP contribution in [0.15, 0.2) is 12.2 Å². The van der Waals surface area contributed by atoms with Gasteiger partial charge in [0.05, 0.1) is 0 Å². The van der Waals surface area contributed by atoms with Crippen molar-refractivity contribution in [2.24, 2.45) is 0 Å². The molecule has 0 heterocycles. The van der Waals surface area contributed by atoms with Crippen molar-refractivity contribution in [3.05, 3.63) is 17.7 Å². The van der Waals surface area contributed by atoms with Crippen LogP contribution < -0.4 is 0 Å². The Balaban J connectivity index is 4.62. The average molecular weight is 182 g/mol. The molecule has 0 saturated heterocycles. The van der Waals surface area contributed by atoms with E-state index in [2.05, 4.69) is 11.4 Å². The second-order valence-electron chi connectivity index (χ2n) is 3.73. The summed E-state index contributed by atoms with van der Waals surface area (Å²) in [5.74, 6) is -0.664. The Kier molecular flexibility index (Phi) is 3.57. The lowest BCUT2D eigenvalue weighted by Crippen LogP contribution is -2.29. The molecule has 0 aromatic rings. The normalized spacial score (nSPS) is 10.2. The van der Waals surface area contributed by atoms with E-state index in [9.17, 15) is 4.79 Å². The monoisotopic (exact) mass is 182 g/mol. The summed E-state index contributed by atoms with van der Waals surface area (Å²) >= 11 is 0. The second-order valence-corrected chi connectivity index (χ2v) is 3.73. The molecule has 0 aliphatic carbocycles. The average Bonchev–Trinajstić information content (AvgIpc) is 1.82. The molecule has 72 valence electrons. The Bertz CT molecular complexity index is 280. The summed E-state index contributed by atoms with van der Waals surface area (Å²) < 4.78 is 4.96. The summed E-state index contributed by atoms with van der Waals surface area (Å²) in [5.41, 5.74) is 8.12. The van der Waals surface area contributed by atoms with Crippen molar-refractivity contribution in [1.82, 2.24) is 0 Å². The fourth-order valence-corrected chi connectivity index (χ4v) is 0.627. The van der Waals surface area contributed by atoms with Crippen molar-refractivity contribution in [3.8, 4) is 0 Å². The van der Waals surface area contributed by atoms with Gasteiger partial charge in [-0.1, -0.05) is 6.58 Å². The Hall–Kier alpha value is -1.41. The van der Waals surface area contributed by atoms with E-state index < -0.39 is 11.6 Å². The fraction of sp³-hybridized carbons (Fsp3) is 0.556. The zero-order chi connectivity index (χ0) is 10.6. The van der Waals surface area contributed by atoms with Gasteiger partial charge in [-0.15, -0.1) is 0 Å². The molecule has 0 bridgehead atoms. The van der Waals surface area contributed by atoms with Gasteiger partial charge in [-0.3, -0.25) is 0 Å². The minimum Gasteiger partial charge on any atom is -0.451 e. The zero-order valence-corrected chi connectivity index (χ0v) is 8.42. The van der Waals surface area contributed by atoms with E-state index in [0.29, 0.717) is 5.57 Å². The number of hydrogen-bond donors (Lipinski definition) is 0. The summed E-state index contributed by atoms with van der Waals surface area (Å²) in [4.78, 5) is 14.1. The molecule has 0 aliphatic heterocycles. The summed E-state index contributed by atoms with van der Waals surface area (Å²) in [5, 5.41) is 0. The molecule has 0 amide bonds. The third-order valence-corrected chi connectivity index (χ3v) is 1.10. The van der Waals surface area contributed by atoms with E-state index in [1.54, 1.807) is 27.7 Å². The van der Waals surface area contributed by atoms with Gasteiger partial charge in [-0.05, 0) is 27.7 Å². The maximum absolute atomic E-state index is 11.3. The van der Waals surface area contributed by atoms with Gasteiger partial charge < -0.3 is 10.3 Å². The minimum atomic E-state index is -0.664. The topological polar surface area (TPSA) is 62.7 Å². The first-order valence-electron chi connectivity index (χ1n) is 3.89. The number of ether oxygens (including phenoxy) is 1. The van der Waals surface area contributed by atoms with E-state index in [-0.39, 0.29) is 5.71 Å². The maximum Gasteiger partial charge on any atom is 0.422 e. The van der Waals surface area contributed by atoms with Crippen molar-refractivity contribution in [3.63, 3.8) is 0 Å². The number of carbonyl (C=O) groups is 1. The van der Waals surface area contributed by atoms with Crippen LogP contribution in [0.25, 0.3) is 5.53 Å². The maximum atomic E-state index is 11.3. The van der Waals surface area contributed by atoms with Crippen LogP contribution in [0, 0.1) is 0 Å². The molecule has 4 nitrogen and oxygen atoms in total. The molecule has 0 radical (unpaired) electrons. The lowest BCUT2D eigenvalue weighted by atomic mass is 10.1. The minimum absolute atomic E-state index is 0.144. The molecular weight excluding hydrogens is 168 g/mol. The predicted molar refractivity (Wildman–Crippen MR) is 49.3 cm³/mol. The van der Waals surface area contributed by atoms with Crippen LogP contribution in [0.3, 0.4) is 0 Å². The predicted octanol–water partition coefficient (Wildman–Crippen LogP) is 1.57. The van der Waals surface area contributed by atoms with E-state index in [1.165, 1.54) is 0 Å². The third-order valence-electron chi connectivity index (χ3n) is 1.10. The first-order chi connectivity index (χ1) is 5.78. The summed E-state index contributed by atoms with van der Waals surface area (Å²) in [6.45, 7) is 10.3. The van der Waals surface area contributed by atoms with Gasteiger partial charge in [0.1, 0.15) is 5.60 Å². The highest BCUT2D eigenvalue weighted by Crippen LogP contribution is 2.08. The Morgan fingerprint density at radius 1 is 1.46 bits per heavy atom. The molecule has 13 heavy (non-hydrogen) atoms. The zero-order valence-electron chi connectivity index (χ0n) is 8.42. The molecular formula is C9H14N2O2. The molecule has 0 aromatic carbocycles. The number of esters is 1. The summed E-state index contributed by atoms with van der Waals surface area (Å²) in [6, 6.07) is 0. The van der Waals surface area contributed by atoms with E-state index in [4.69, 9.17) is 10.3 Å². The lowest BCUT2D eigenvalue weighted by Gasteiger charge is -2.17. The highest BCUT2D eigenvalue weighted by molar-refractivity contribution is 6.40. The van der Waals surface area contributed by atoms with Gasteiger partial charge in [0, 0.05) is 5.57 Å². The Morgan fingerprint density at radius 3 is 2.15 bits per heavy atom. The number of nitrogens with zero attached hydrogens (tertiary/aromatic N) is 2. The third kappa shape index (κ3) is 4.23. The standard InChI is InChI=1S/C9H14N2O2/c1-6(2)7(11-10)8(12)13-9(3,4)5/h1H2,2-5H3. The van der Waals surface area contributed by atoms with Crippen LogP contribution in [0.2, 0.25) is 0 Å². The van der Waals surface area contributed by atoms with Gasteiger partial charge in [0.15, 0.2) is 0 Å². The highest BCUT2D eigenvalue weighted by atomic mass is 16.6. The molecule has 0 fully saturated rings. The lowest BCUT2D eigenvalue weighted by molar-refractivity contribution is -0.150.